The summed E-state index contributed by atoms with van der Waals surface area (Å²) in [5.74, 6) is 0. The largest absolute Gasteiger partial charge is 0.597 e. The molecule has 0 spiro atoms. The Bertz CT molecular complexity index is 74.1. The monoisotopic (exact) mass is 168 g/mol. The van der Waals surface area contributed by atoms with Crippen molar-refractivity contribution in [3.63, 3.8) is 0 Å². The third-order valence-corrected chi connectivity index (χ3v) is 0.704. The average molecular weight is 169 g/mol. The maximum Gasteiger partial charge on any atom is 0.237 e. The van der Waals surface area contributed by atoms with Gasteiger partial charge < -0.3 is 10.0 Å². The smallest absolute Gasteiger partial charge is 0.237 e. The number of alkyl halides is 1. The molecule has 0 N–H and O–H groups in total. The van der Waals surface area contributed by atoms with Gasteiger partial charge in [0.1, 0.15) is 7.11 Å². The third-order valence-electron chi connectivity index (χ3n) is 0.275. The van der Waals surface area contributed by atoms with E-state index in [1.807, 2.05) is 0 Å². The van der Waals surface area contributed by atoms with Gasteiger partial charge in [0.25, 0.3) is 0 Å². The number of rotatable bonds is 2. The first-order valence-electron chi connectivity index (χ1n) is 1.56. The summed E-state index contributed by atoms with van der Waals surface area (Å²) in [6.07, 6.45) is 0. The summed E-state index contributed by atoms with van der Waals surface area (Å²) in [6.45, 7) is 0. The van der Waals surface area contributed by atoms with Crippen LogP contribution in [0.3, 0.4) is 0 Å². The molecule has 0 saturated carbocycles. The fraction of sp³-hybridized carbons (Fsp3) is 1.00. The Hall–Kier alpha value is -0.320. The number of hydrogen-bond donors (Lipinski definition) is 0. The van der Waals surface area contributed by atoms with Crippen LogP contribution < -0.4 is 0 Å². The van der Waals surface area contributed by atoms with Gasteiger partial charge in [-0.15, -0.1) is 0 Å². The normalized spacial score (nSPS) is 11.4. The molecular weight excluding hydrogens is 164 g/mol. The molecule has 7 heavy (non-hydrogen) atoms. The second kappa shape index (κ2) is 3.86. The Morgan fingerprint density at radius 1 is 2.00 bits per heavy atom. The first kappa shape index (κ1) is 6.68. The van der Waals surface area contributed by atoms with Gasteiger partial charge in [0.15, 0.2) is 0 Å². The number of hydroxylamine groups is 1. The molecule has 42 valence electrons. The molecule has 4 nitrogen and oxygen atoms in total. The van der Waals surface area contributed by atoms with Crippen LogP contribution in [0.2, 0.25) is 0 Å². The highest BCUT2D eigenvalue weighted by Gasteiger charge is 1.83. The Balaban J connectivity index is 3.29. The minimum Gasteiger partial charge on any atom is -0.597 e. The van der Waals surface area contributed by atoms with Crippen molar-refractivity contribution in [1.29, 1.82) is 0 Å². The number of hydrogen-bond acceptors (Lipinski definition) is 3. The summed E-state index contributed by atoms with van der Waals surface area (Å²) in [5, 5.41) is 13.0. The molecular formula is C2H5BrN2O2. The third kappa shape index (κ3) is 3.51. The number of halogens is 1. The molecule has 0 heterocycles. The van der Waals surface area contributed by atoms with Crippen molar-refractivity contribution in [3.8, 4) is 0 Å². The van der Waals surface area contributed by atoms with Crippen LogP contribution in [0.1, 0.15) is 0 Å². The molecule has 0 unspecified atom stereocenters. The molecule has 0 aromatic carbocycles. The molecule has 0 saturated heterocycles. The molecule has 0 aromatic rings. The van der Waals surface area contributed by atoms with E-state index in [-0.39, 0.29) is 5.45 Å². The van der Waals surface area contributed by atoms with Gasteiger partial charge in [0.2, 0.25) is 10.7 Å². The van der Waals surface area contributed by atoms with E-state index in [2.05, 4.69) is 26.0 Å². The molecule has 0 aliphatic carbocycles. The summed E-state index contributed by atoms with van der Waals surface area (Å²) in [5.41, 5.74) is 0.140. The predicted octanol–water partition coefficient (Wildman–Crippen LogP) is 0.863. The van der Waals surface area contributed by atoms with Crippen molar-refractivity contribution in [1.82, 2.24) is 0 Å². The van der Waals surface area contributed by atoms with E-state index in [1.54, 1.807) is 0 Å². The standard InChI is InChI=1S/C2H5BrN2O2/c1-7-4-5(6)2-3/h2H2,1H3. The molecule has 0 amide bonds. The minimum absolute atomic E-state index is 0.140. The Labute approximate surface area is 49.4 Å². The lowest BCUT2D eigenvalue weighted by Crippen LogP contribution is -1.94. The van der Waals surface area contributed by atoms with Crippen molar-refractivity contribution in [2.45, 2.75) is 0 Å². The first-order chi connectivity index (χ1) is 3.31. The van der Waals surface area contributed by atoms with E-state index >= 15 is 0 Å². The first-order valence-corrected chi connectivity index (χ1v) is 2.68. The predicted molar refractivity (Wildman–Crippen MR) is 26.9 cm³/mol. The van der Waals surface area contributed by atoms with Crippen LogP contribution in [-0.2, 0) is 4.84 Å². The van der Waals surface area contributed by atoms with Crippen LogP contribution in [0, 0.1) is 5.21 Å². The average Bonchev–Trinajstić information content (AvgIpc) is 1.68. The fourth-order valence-corrected chi connectivity index (χ4v) is 0.204. The van der Waals surface area contributed by atoms with Gasteiger partial charge in [-0.3, -0.25) is 0 Å². The summed E-state index contributed by atoms with van der Waals surface area (Å²) in [4.78, 5) is 4.48. The molecule has 0 atom stereocenters. The van der Waals surface area contributed by atoms with Crippen LogP contribution in [-0.4, -0.2) is 17.4 Å². The minimum atomic E-state index is 0.140. The molecule has 0 aliphatic heterocycles. The molecule has 0 rings (SSSR count). The van der Waals surface area contributed by atoms with Gasteiger partial charge in [0.05, 0.1) is 0 Å². The molecule has 5 heteroatoms. The van der Waals surface area contributed by atoms with E-state index in [0.717, 1.165) is 0 Å². The lowest BCUT2D eigenvalue weighted by molar-refractivity contribution is -0.536. The molecule has 0 aliphatic rings. The lowest BCUT2D eigenvalue weighted by Gasteiger charge is -1.89. The summed E-state index contributed by atoms with van der Waals surface area (Å²) in [7, 11) is 1.31. The van der Waals surface area contributed by atoms with E-state index in [4.69, 9.17) is 0 Å². The van der Waals surface area contributed by atoms with Crippen molar-refractivity contribution in [3.05, 3.63) is 5.21 Å². The second-order valence-electron chi connectivity index (χ2n) is 0.736. The van der Waals surface area contributed by atoms with Crippen molar-refractivity contribution in [2.75, 3.05) is 12.6 Å². The maximum absolute atomic E-state index is 9.99. The summed E-state index contributed by atoms with van der Waals surface area (Å²) >= 11 is 2.86. The Morgan fingerprint density at radius 3 is 2.71 bits per heavy atom. The summed E-state index contributed by atoms with van der Waals surface area (Å²) in [6, 6.07) is 0. The fourth-order valence-electron chi connectivity index (χ4n) is 0.113. The zero-order valence-electron chi connectivity index (χ0n) is 3.80. The highest BCUT2D eigenvalue weighted by atomic mass is 79.9. The highest BCUT2D eigenvalue weighted by Crippen LogP contribution is 1.81. The quantitative estimate of drug-likeness (QED) is 0.202. The SMILES string of the molecule is CON=[N+]([O-])CBr. The zero-order chi connectivity index (χ0) is 5.70. The van der Waals surface area contributed by atoms with E-state index in [9.17, 15) is 5.21 Å². The maximum atomic E-state index is 9.99. The van der Waals surface area contributed by atoms with Gasteiger partial charge in [-0.05, 0) is 20.8 Å². The number of nitrogens with zero attached hydrogens (tertiary/aromatic N) is 2. The van der Waals surface area contributed by atoms with Crippen molar-refractivity contribution < 1.29 is 9.70 Å². The van der Waals surface area contributed by atoms with Crippen LogP contribution in [0.4, 0.5) is 0 Å². The van der Waals surface area contributed by atoms with Crippen LogP contribution in [0.15, 0.2) is 5.28 Å². The lowest BCUT2D eigenvalue weighted by atomic mass is 11.5. The molecule has 0 aromatic heterocycles. The van der Waals surface area contributed by atoms with Crippen LogP contribution in [0.25, 0.3) is 0 Å². The molecule has 0 fully saturated rings. The van der Waals surface area contributed by atoms with E-state index < -0.39 is 0 Å². The zero-order valence-corrected chi connectivity index (χ0v) is 5.38. The van der Waals surface area contributed by atoms with Crippen molar-refractivity contribution >= 4 is 15.9 Å². The van der Waals surface area contributed by atoms with Gasteiger partial charge in [0, 0.05) is 0 Å². The Morgan fingerprint density at radius 2 is 2.57 bits per heavy atom. The van der Waals surface area contributed by atoms with E-state index in [1.165, 1.54) is 7.11 Å². The van der Waals surface area contributed by atoms with E-state index in [0.29, 0.717) is 4.86 Å². The highest BCUT2D eigenvalue weighted by molar-refractivity contribution is 9.09. The molecule has 0 bridgehead atoms. The second-order valence-corrected chi connectivity index (χ2v) is 1.24. The van der Waals surface area contributed by atoms with Crippen LogP contribution >= 0.6 is 15.9 Å². The molecule has 0 radical (unpaired) electrons. The Kier molecular flexibility index (Phi) is 3.68. The van der Waals surface area contributed by atoms with Crippen molar-refractivity contribution in [2.24, 2.45) is 5.28 Å². The summed E-state index contributed by atoms with van der Waals surface area (Å²) < 4.78 is 0. The van der Waals surface area contributed by atoms with Gasteiger partial charge >= 0.3 is 0 Å². The van der Waals surface area contributed by atoms with Crippen LogP contribution in [0.5, 0.6) is 0 Å². The van der Waals surface area contributed by atoms with Gasteiger partial charge in [-0.2, -0.15) is 0 Å². The van der Waals surface area contributed by atoms with Gasteiger partial charge in [-0.1, -0.05) is 0 Å². The van der Waals surface area contributed by atoms with Gasteiger partial charge in [-0.25, -0.2) is 0 Å². The topological polar surface area (TPSA) is 47.7 Å².